The number of anilines is 2. The average Bonchev–Trinajstić information content (AvgIpc) is 2.48. The largest absolute Gasteiger partial charge is 0.497 e. The molecule has 0 atom stereocenters. The van der Waals surface area contributed by atoms with Crippen molar-refractivity contribution in [2.24, 2.45) is 0 Å². The molecule has 106 valence electrons. The monoisotopic (exact) mass is 272 g/mol. The maximum atomic E-state index is 5.22. The van der Waals surface area contributed by atoms with Crippen molar-refractivity contribution in [1.82, 2.24) is 9.97 Å². The van der Waals surface area contributed by atoms with Crippen LogP contribution in [0.1, 0.15) is 18.1 Å². The Morgan fingerprint density at radius 2 is 1.90 bits per heavy atom. The lowest BCUT2D eigenvalue weighted by Crippen LogP contribution is -2.08. The van der Waals surface area contributed by atoms with Gasteiger partial charge in [0.1, 0.15) is 23.7 Å². The Morgan fingerprint density at radius 3 is 2.60 bits per heavy atom. The Bertz CT molecular complexity index is 572. The second-order valence-electron chi connectivity index (χ2n) is 4.43. The minimum Gasteiger partial charge on any atom is -0.497 e. The van der Waals surface area contributed by atoms with Gasteiger partial charge in [0.05, 0.1) is 7.11 Å². The number of hydrogen-bond donors (Lipinski definition) is 2. The van der Waals surface area contributed by atoms with E-state index in [9.17, 15) is 0 Å². The average molecular weight is 272 g/mol. The van der Waals surface area contributed by atoms with Gasteiger partial charge in [-0.05, 0) is 31.5 Å². The maximum absolute atomic E-state index is 5.22. The summed E-state index contributed by atoms with van der Waals surface area (Å²) >= 11 is 0. The van der Waals surface area contributed by atoms with Gasteiger partial charge in [0.2, 0.25) is 0 Å². The van der Waals surface area contributed by atoms with E-state index in [0.717, 1.165) is 35.1 Å². The van der Waals surface area contributed by atoms with Crippen LogP contribution >= 0.6 is 0 Å². The molecule has 5 heteroatoms. The maximum Gasteiger partial charge on any atom is 0.134 e. The second-order valence-corrected chi connectivity index (χ2v) is 4.43. The highest BCUT2D eigenvalue weighted by atomic mass is 16.5. The van der Waals surface area contributed by atoms with E-state index < -0.39 is 0 Å². The minimum atomic E-state index is 0.695. The van der Waals surface area contributed by atoms with Crippen LogP contribution in [0.3, 0.4) is 0 Å². The van der Waals surface area contributed by atoms with Crippen LogP contribution in [-0.2, 0) is 6.54 Å². The number of hydrogen-bond acceptors (Lipinski definition) is 5. The molecule has 0 amide bonds. The van der Waals surface area contributed by atoms with Gasteiger partial charge in [0.25, 0.3) is 0 Å². The number of ether oxygens (including phenoxy) is 1. The molecule has 2 N–H and O–H groups in total. The Hall–Kier alpha value is -2.30. The van der Waals surface area contributed by atoms with Gasteiger partial charge < -0.3 is 15.4 Å². The number of nitrogens with zero attached hydrogens (tertiary/aromatic N) is 2. The molecule has 20 heavy (non-hydrogen) atoms. The van der Waals surface area contributed by atoms with Crippen molar-refractivity contribution in [3.63, 3.8) is 0 Å². The normalized spacial score (nSPS) is 10.2. The molecule has 2 rings (SSSR count). The van der Waals surface area contributed by atoms with E-state index in [-0.39, 0.29) is 0 Å². The summed E-state index contributed by atoms with van der Waals surface area (Å²) in [6.45, 7) is 5.59. The topological polar surface area (TPSA) is 59.1 Å². The summed E-state index contributed by atoms with van der Waals surface area (Å²) in [6.07, 6.45) is 1.57. The molecule has 1 aromatic carbocycles. The highest BCUT2D eigenvalue weighted by Crippen LogP contribution is 2.19. The second kappa shape index (κ2) is 6.75. The fourth-order valence-corrected chi connectivity index (χ4v) is 1.94. The van der Waals surface area contributed by atoms with E-state index in [2.05, 4.69) is 26.7 Å². The van der Waals surface area contributed by atoms with E-state index in [1.165, 1.54) is 0 Å². The molecule has 0 saturated carbocycles. The molecule has 1 aromatic heterocycles. The molecule has 0 aliphatic carbocycles. The number of rotatable bonds is 6. The molecule has 0 saturated heterocycles. The van der Waals surface area contributed by atoms with E-state index in [0.29, 0.717) is 6.54 Å². The van der Waals surface area contributed by atoms with E-state index >= 15 is 0 Å². The zero-order valence-corrected chi connectivity index (χ0v) is 12.1. The van der Waals surface area contributed by atoms with Crippen molar-refractivity contribution < 1.29 is 4.74 Å². The third kappa shape index (κ3) is 3.38. The van der Waals surface area contributed by atoms with Crippen LogP contribution in [0, 0.1) is 6.92 Å². The fourth-order valence-electron chi connectivity index (χ4n) is 1.94. The van der Waals surface area contributed by atoms with Gasteiger partial charge >= 0.3 is 0 Å². The summed E-state index contributed by atoms with van der Waals surface area (Å²) < 4.78 is 5.22. The van der Waals surface area contributed by atoms with Gasteiger partial charge in [-0.25, -0.2) is 9.97 Å². The fraction of sp³-hybridized carbons (Fsp3) is 0.333. The van der Waals surface area contributed by atoms with Crippen molar-refractivity contribution in [2.45, 2.75) is 20.4 Å². The van der Waals surface area contributed by atoms with Crippen molar-refractivity contribution in [1.29, 1.82) is 0 Å². The molecule has 0 spiro atoms. The van der Waals surface area contributed by atoms with Gasteiger partial charge in [-0.15, -0.1) is 0 Å². The van der Waals surface area contributed by atoms with Gasteiger partial charge in [-0.2, -0.15) is 0 Å². The molecule has 5 nitrogen and oxygen atoms in total. The Balaban J connectivity index is 2.08. The van der Waals surface area contributed by atoms with Crippen molar-refractivity contribution in [3.05, 3.63) is 41.7 Å². The molecule has 0 aliphatic heterocycles. The lowest BCUT2D eigenvalue weighted by molar-refractivity contribution is 0.414. The van der Waals surface area contributed by atoms with E-state index in [1.54, 1.807) is 13.4 Å². The van der Waals surface area contributed by atoms with Crippen LogP contribution in [0.2, 0.25) is 0 Å². The predicted molar refractivity (Wildman–Crippen MR) is 81.3 cm³/mol. The molecule has 0 radical (unpaired) electrons. The molecule has 2 aromatic rings. The first kappa shape index (κ1) is 14.1. The van der Waals surface area contributed by atoms with Crippen LogP contribution in [0.4, 0.5) is 11.6 Å². The molecule has 0 unspecified atom stereocenters. The third-order valence-corrected chi connectivity index (χ3v) is 3.02. The first-order valence-electron chi connectivity index (χ1n) is 6.67. The summed E-state index contributed by atoms with van der Waals surface area (Å²) in [7, 11) is 1.67. The molecule has 1 heterocycles. The zero-order chi connectivity index (χ0) is 14.4. The third-order valence-electron chi connectivity index (χ3n) is 3.02. The number of aromatic nitrogens is 2. The molecular weight excluding hydrogens is 252 g/mol. The van der Waals surface area contributed by atoms with Crippen molar-refractivity contribution >= 4 is 11.6 Å². The van der Waals surface area contributed by atoms with Gasteiger partial charge in [0.15, 0.2) is 0 Å². The summed E-state index contributed by atoms with van der Waals surface area (Å²) in [5.41, 5.74) is 2.17. The van der Waals surface area contributed by atoms with Crippen LogP contribution < -0.4 is 15.4 Å². The van der Waals surface area contributed by atoms with Crippen molar-refractivity contribution in [3.8, 4) is 5.75 Å². The molecular formula is C15H20N4O. The van der Waals surface area contributed by atoms with Gasteiger partial charge in [-0.1, -0.05) is 12.1 Å². The minimum absolute atomic E-state index is 0.695. The predicted octanol–water partition coefficient (Wildman–Crippen LogP) is 2.84. The Labute approximate surface area is 119 Å². The summed E-state index contributed by atoms with van der Waals surface area (Å²) in [4.78, 5) is 8.51. The molecule has 0 aliphatic rings. The summed E-state index contributed by atoms with van der Waals surface area (Å²) in [5.74, 6) is 2.58. The SMILES string of the molecule is CCNc1ncnc(NCc2cccc(OC)c2)c1C. The summed E-state index contributed by atoms with van der Waals surface area (Å²) in [5, 5.41) is 6.55. The van der Waals surface area contributed by atoms with Gasteiger partial charge in [-0.3, -0.25) is 0 Å². The summed E-state index contributed by atoms with van der Waals surface area (Å²) in [6, 6.07) is 7.97. The zero-order valence-electron chi connectivity index (χ0n) is 12.1. The standard InChI is InChI=1S/C15H20N4O/c1-4-16-14-11(2)15(19-10-18-14)17-9-12-6-5-7-13(8-12)20-3/h5-8,10H,4,9H2,1-3H3,(H2,16,17,18,19). The highest BCUT2D eigenvalue weighted by Gasteiger charge is 2.06. The smallest absolute Gasteiger partial charge is 0.134 e. The highest BCUT2D eigenvalue weighted by molar-refractivity contribution is 5.56. The van der Waals surface area contributed by atoms with Crippen LogP contribution in [0.5, 0.6) is 5.75 Å². The number of nitrogens with one attached hydrogen (secondary N) is 2. The lowest BCUT2D eigenvalue weighted by Gasteiger charge is -2.12. The van der Waals surface area contributed by atoms with Gasteiger partial charge in [0, 0.05) is 18.7 Å². The molecule has 0 bridgehead atoms. The number of methoxy groups -OCH3 is 1. The Kier molecular flexibility index (Phi) is 4.76. The lowest BCUT2D eigenvalue weighted by atomic mass is 10.2. The van der Waals surface area contributed by atoms with Crippen molar-refractivity contribution in [2.75, 3.05) is 24.3 Å². The number of benzene rings is 1. The first-order valence-corrected chi connectivity index (χ1v) is 6.67. The van der Waals surface area contributed by atoms with Crippen LogP contribution in [0.15, 0.2) is 30.6 Å². The van der Waals surface area contributed by atoms with Crippen LogP contribution in [0.25, 0.3) is 0 Å². The first-order chi connectivity index (χ1) is 9.74. The van der Waals surface area contributed by atoms with E-state index in [4.69, 9.17) is 4.74 Å². The van der Waals surface area contributed by atoms with E-state index in [1.807, 2.05) is 32.0 Å². The van der Waals surface area contributed by atoms with Crippen LogP contribution in [-0.4, -0.2) is 23.6 Å². The quantitative estimate of drug-likeness (QED) is 0.846. The Morgan fingerprint density at radius 1 is 1.15 bits per heavy atom. The molecule has 0 fully saturated rings.